The summed E-state index contributed by atoms with van der Waals surface area (Å²) in [5, 5.41) is 0. The lowest BCUT2D eigenvalue weighted by atomic mass is 9.95. The number of aryl methyl sites for hydroxylation is 1. The summed E-state index contributed by atoms with van der Waals surface area (Å²) in [6.45, 7) is 8.00. The van der Waals surface area contributed by atoms with Gasteiger partial charge in [0.25, 0.3) is 0 Å². The van der Waals surface area contributed by atoms with Gasteiger partial charge < -0.3 is 19.3 Å². The predicted molar refractivity (Wildman–Crippen MR) is 95.0 cm³/mol. The van der Waals surface area contributed by atoms with Crippen molar-refractivity contribution in [3.05, 3.63) is 18.2 Å². The first-order valence-electron chi connectivity index (χ1n) is 9.26. The number of carbonyl (C=O) groups excluding carboxylic acids is 1. The Morgan fingerprint density at radius 1 is 1.21 bits per heavy atom. The van der Waals surface area contributed by atoms with Crippen molar-refractivity contribution in [2.45, 2.75) is 44.7 Å². The highest BCUT2D eigenvalue weighted by molar-refractivity contribution is 5.77. The molecule has 6 heteroatoms. The van der Waals surface area contributed by atoms with Crippen LogP contribution in [0.5, 0.6) is 0 Å². The van der Waals surface area contributed by atoms with E-state index in [0.29, 0.717) is 24.3 Å². The highest BCUT2D eigenvalue weighted by Crippen LogP contribution is 2.27. The Labute approximate surface area is 145 Å². The van der Waals surface area contributed by atoms with E-state index in [1.807, 2.05) is 6.20 Å². The van der Waals surface area contributed by atoms with Gasteiger partial charge in [0.2, 0.25) is 5.91 Å². The molecule has 1 atom stereocenters. The quantitative estimate of drug-likeness (QED) is 0.832. The van der Waals surface area contributed by atoms with Crippen molar-refractivity contribution >= 4 is 5.91 Å². The minimum absolute atomic E-state index is 0.319. The fourth-order valence-corrected chi connectivity index (χ4v) is 3.99. The highest BCUT2D eigenvalue weighted by atomic mass is 16.2. The average molecular weight is 333 g/mol. The maximum atomic E-state index is 12.7. The zero-order chi connectivity index (χ0) is 17.1. The number of aromatic nitrogens is 2. The lowest BCUT2D eigenvalue weighted by Gasteiger charge is -2.39. The summed E-state index contributed by atoms with van der Waals surface area (Å²) in [6.07, 6.45) is 6.66. The summed E-state index contributed by atoms with van der Waals surface area (Å²) >= 11 is 0. The molecule has 0 radical (unpaired) electrons. The van der Waals surface area contributed by atoms with E-state index in [2.05, 4.69) is 51.5 Å². The third-order valence-electron chi connectivity index (χ3n) is 5.69. The van der Waals surface area contributed by atoms with Gasteiger partial charge in [-0.1, -0.05) is 0 Å². The molecule has 0 N–H and O–H groups in total. The molecule has 1 amide bonds. The van der Waals surface area contributed by atoms with Crippen LogP contribution >= 0.6 is 0 Å². The molecule has 2 saturated heterocycles. The number of carbonyl (C=O) groups is 1. The third kappa shape index (κ3) is 3.81. The van der Waals surface area contributed by atoms with E-state index in [1.165, 1.54) is 5.82 Å². The lowest BCUT2D eigenvalue weighted by Crippen LogP contribution is -2.52. The number of nitrogens with zero attached hydrogens (tertiary/aromatic N) is 5. The number of hydrogen-bond donors (Lipinski definition) is 0. The van der Waals surface area contributed by atoms with Crippen molar-refractivity contribution in [2.24, 2.45) is 0 Å². The molecule has 1 aromatic heterocycles. The summed E-state index contributed by atoms with van der Waals surface area (Å²) in [5.41, 5.74) is 0. The topological polar surface area (TPSA) is 44.6 Å². The number of amides is 1. The van der Waals surface area contributed by atoms with E-state index < -0.39 is 0 Å². The number of piperazine rings is 1. The molecule has 134 valence electrons. The van der Waals surface area contributed by atoms with Crippen molar-refractivity contribution < 1.29 is 4.79 Å². The second-order valence-electron chi connectivity index (χ2n) is 7.33. The molecule has 2 fully saturated rings. The van der Waals surface area contributed by atoms with Crippen LogP contribution in [0.3, 0.4) is 0 Å². The van der Waals surface area contributed by atoms with Crippen molar-refractivity contribution in [3.8, 4) is 0 Å². The van der Waals surface area contributed by atoms with Gasteiger partial charge in [0, 0.05) is 70.0 Å². The molecule has 0 aromatic carbocycles. The number of imidazole rings is 1. The minimum Gasteiger partial charge on any atom is -0.343 e. The highest BCUT2D eigenvalue weighted by Gasteiger charge is 2.30. The fraction of sp³-hybridized carbons (Fsp3) is 0.778. The summed E-state index contributed by atoms with van der Waals surface area (Å²) in [5.74, 6) is 2.00. The first kappa shape index (κ1) is 17.4. The van der Waals surface area contributed by atoms with Crippen molar-refractivity contribution in [1.29, 1.82) is 0 Å². The molecular weight excluding hydrogens is 302 g/mol. The Morgan fingerprint density at radius 3 is 2.67 bits per heavy atom. The third-order valence-corrected chi connectivity index (χ3v) is 5.69. The van der Waals surface area contributed by atoms with Crippen LogP contribution in [0.2, 0.25) is 0 Å². The number of hydrogen-bond acceptors (Lipinski definition) is 4. The summed E-state index contributed by atoms with van der Waals surface area (Å²) in [7, 11) is 4.29. The summed E-state index contributed by atoms with van der Waals surface area (Å²) in [4.78, 5) is 24.0. The molecule has 1 unspecified atom stereocenters. The van der Waals surface area contributed by atoms with E-state index in [0.717, 1.165) is 52.1 Å². The standard InChI is InChI=1S/C18H31N5O/c1-4-22-10-7-19-18(22)15-5-8-23(9-6-15)17(24)13-16-14-20(2)11-12-21(16)3/h7,10,15-16H,4-6,8-9,11-14H2,1-3H3. The molecule has 6 nitrogen and oxygen atoms in total. The zero-order valence-electron chi connectivity index (χ0n) is 15.3. The van der Waals surface area contributed by atoms with Gasteiger partial charge in [-0.25, -0.2) is 4.98 Å². The second kappa shape index (κ2) is 7.66. The molecule has 0 saturated carbocycles. The van der Waals surface area contributed by atoms with E-state index in [4.69, 9.17) is 0 Å². The molecule has 0 aliphatic carbocycles. The maximum absolute atomic E-state index is 12.7. The first-order valence-corrected chi connectivity index (χ1v) is 9.26. The number of likely N-dealkylation sites (tertiary alicyclic amines) is 1. The van der Waals surface area contributed by atoms with Gasteiger partial charge in [-0.3, -0.25) is 4.79 Å². The Bertz CT molecular complexity index is 549. The monoisotopic (exact) mass is 333 g/mol. The maximum Gasteiger partial charge on any atom is 0.224 e. The molecule has 3 rings (SSSR count). The van der Waals surface area contributed by atoms with Crippen LogP contribution in [0.4, 0.5) is 0 Å². The number of piperidine rings is 1. The van der Waals surface area contributed by atoms with Crippen LogP contribution in [0, 0.1) is 0 Å². The Hall–Kier alpha value is -1.40. The SMILES string of the molecule is CCn1ccnc1C1CCN(C(=O)CC2CN(C)CCN2C)CC1. The first-order chi connectivity index (χ1) is 11.6. The average Bonchev–Trinajstić information content (AvgIpc) is 3.07. The molecule has 1 aromatic rings. The molecular formula is C18H31N5O. The second-order valence-corrected chi connectivity index (χ2v) is 7.33. The Balaban J connectivity index is 1.52. The molecule has 2 aliphatic heterocycles. The van der Waals surface area contributed by atoms with Gasteiger partial charge in [-0.15, -0.1) is 0 Å². The number of rotatable bonds is 4. The lowest BCUT2D eigenvalue weighted by molar-refractivity contribution is -0.134. The van der Waals surface area contributed by atoms with E-state index in [1.54, 1.807) is 0 Å². The van der Waals surface area contributed by atoms with Crippen LogP contribution in [0.1, 0.15) is 37.9 Å². The van der Waals surface area contributed by atoms with Crippen LogP contribution in [0.15, 0.2) is 12.4 Å². The van der Waals surface area contributed by atoms with E-state index in [9.17, 15) is 4.79 Å². The van der Waals surface area contributed by atoms with Gasteiger partial charge in [-0.2, -0.15) is 0 Å². The molecule has 2 aliphatic rings. The number of likely N-dealkylation sites (N-methyl/N-ethyl adjacent to an activating group) is 2. The van der Waals surface area contributed by atoms with Crippen LogP contribution in [0.25, 0.3) is 0 Å². The molecule has 0 bridgehead atoms. The molecule has 3 heterocycles. The van der Waals surface area contributed by atoms with Crippen LogP contribution < -0.4 is 0 Å². The van der Waals surface area contributed by atoms with Crippen LogP contribution in [-0.4, -0.2) is 83.0 Å². The molecule has 24 heavy (non-hydrogen) atoms. The normalized spacial score (nSPS) is 24.5. The van der Waals surface area contributed by atoms with Gasteiger partial charge in [0.05, 0.1) is 0 Å². The molecule has 0 spiro atoms. The fourth-order valence-electron chi connectivity index (χ4n) is 3.99. The van der Waals surface area contributed by atoms with Gasteiger partial charge in [-0.05, 0) is 33.9 Å². The zero-order valence-corrected chi connectivity index (χ0v) is 15.3. The predicted octanol–water partition coefficient (Wildman–Crippen LogP) is 1.24. The van der Waals surface area contributed by atoms with Crippen molar-refractivity contribution in [2.75, 3.05) is 46.8 Å². The minimum atomic E-state index is 0.319. The van der Waals surface area contributed by atoms with E-state index >= 15 is 0 Å². The van der Waals surface area contributed by atoms with Crippen molar-refractivity contribution in [3.63, 3.8) is 0 Å². The van der Waals surface area contributed by atoms with Gasteiger partial charge in [0.1, 0.15) is 5.82 Å². The van der Waals surface area contributed by atoms with Crippen molar-refractivity contribution in [1.82, 2.24) is 24.3 Å². The summed E-state index contributed by atoms with van der Waals surface area (Å²) in [6, 6.07) is 0.355. The van der Waals surface area contributed by atoms with Crippen LogP contribution in [-0.2, 0) is 11.3 Å². The van der Waals surface area contributed by atoms with E-state index in [-0.39, 0.29) is 0 Å². The largest absolute Gasteiger partial charge is 0.343 e. The smallest absolute Gasteiger partial charge is 0.224 e. The summed E-state index contributed by atoms with van der Waals surface area (Å²) < 4.78 is 2.23. The Kier molecular flexibility index (Phi) is 5.56. The Morgan fingerprint density at radius 2 is 1.96 bits per heavy atom. The van der Waals surface area contributed by atoms with Gasteiger partial charge in [0.15, 0.2) is 0 Å². The van der Waals surface area contributed by atoms with Gasteiger partial charge >= 0.3 is 0 Å².